The molecule has 0 amide bonds. The molecule has 0 saturated carbocycles. The Balaban J connectivity index is 2.63. The minimum absolute atomic E-state index is 0.0860. The molecule has 78 valence electrons. The first-order valence-electron chi connectivity index (χ1n) is 4.50. The van der Waals surface area contributed by atoms with E-state index in [1.54, 1.807) is 11.8 Å². The van der Waals surface area contributed by atoms with Gasteiger partial charge < -0.3 is 10.3 Å². The summed E-state index contributed by atoms with van der Waals surface area (Å²) in [7, 11) is 1.91. The maximum atomic E-state index is 11.1. The molecule has 1 atom stereocenters. The lowest BCUT2D eigenvalue weighted by atomic mass is 10.4. The van der Waals surface area contributed by atoms with Crippen LogP contribution in [0.1, 0.15) is 12.6 Å². The van der Waals surface area contributed by atoms with Gasteiger partial charge in [0.1, 0.15) is 0 Å². The highest BCUT2D eigenvalue weighted by Crippen LogP contribution is 2.11. The minimum atomic E-state index is -0.0860. The van der Waals surface area contributed by atoms with E-state index in [4.69, 9.17) is 0 Å². The van der Waals surface area contributed by atoms with Crippen molar-refractivity contribution in [2.24, 2.45) is 0 Å². The van der Waals surface area contributed by atoms with Crippen molar-refractivity contribution in [2.75, 3.05) is 12.8 Å². The Morgan fingerprint density at radius 1 is 1.71 bits per heavy atom. The van der Waals surface area contributed by atoms with E-state index in [-0.39, 0.29) is 5.56 Å². The predicted molar refractivity (Wildman–Crippen MR) is 58.8 cm³/mol. The molecule has 0 aromatic carbocycles. The maximum absolute atomic E-state index is 11.1. The lowest BCUT2D eigenvalue weighted by Gasteiger charge is -2.08. The Labute approximate surface area is 87.5 Å². The molecule has 4 nitrogen and oxygen atoms in total. The standard InChI is InChI=1S/C9H15N3OS/c1-6-4-8(13)12-9(11-6)14-5-7(2)10-3/h4,7,10H,5H2,1-3H3,(H,11,12,13). The van der Waals surface area contributed by atoms with Crippen molar-refractivity contribution >= 4 is 11.8 Å². The summed E-state index contributed by atoms with van der Waals surface area (Å²) in [6.45, 7) is 3.90. The average molecular weight is 213 g/mol. The molecular formula is C9H15N3OS. The third kappa shape index (κ3) is 3.51. The van der Waals surface area contributed by atoms with Crippen molar-refractivity contribution in [3.05, 3.63) is 22.1 Å². The summed E-state index contributed by atoms with van der Waals surface area (Å²) in [6.07, 6.45) is 0. The number of aromatic nitrogens is 2. The second kappa shape index (κ2) is 5.17. The highest BCUT2D eigenvalue weighted by atomic mass is 32.2. The molecule has 0 radical (unpaired) electrons. The minimum Gasteiger partial charge on any atom is -0.316 e. The van der Waals surface area contributed by atoms with Gasteiger partial charge in [-0.15, -0.1) is 0 Å². The molecule has 0 aliphatic rings. The Morgan fingerprint density at radius 3 is 3.00 bits per heavy atom. The van der Waals surface area contributed by atoms with E-state index in [2.05, 4.69) is 22.2 Å². The fourth-order valence-electron chi connectivity index (χ4n) is 0.907. The summed E-state index contributed by atoms with van der Waals surface area (Å²) < 4.78 is 0. The largest absolute Gasteiger partial charge is 0.316 e. The highest BCUT2D eigenvalue weighted by Gasteiger charge is 2.02. The van der Waals surface area contributed by atoms with Crippen LogP contribution in [-0.2, 0) is 0 Å². The molecule has 0 spiro atoms. The molecular weight excluding hydrogens is 198 g/mol. The lowest BCUT2D eigenvalue weighted by molar-refractivity contribution is 0.676. The van der Waals surface area contributed by atoms with Crippen molar-refractivity contribution in [1.29, 1.82) is 0 Å². The number of nitrogens with zero attached hydrogens (tertiary/aromatic N) is 1. The van der Waals surface area contributed by atoms with Crippen LogP contribution in [0.4, 0.5) is 0 Å². The van der Waals surface area contributed by atoms with Gasteiger partial charge >= 0.3 is 0 Å². The van der Waals surface area contributed by atoms with Gasteiger partial charge in [-0.05, 0) is 20.9 Å². The van der Waals surface area contributed by atoms with Crippen LogP contribution in [0, 0.1) is 6.92 Å². The Morgan fingerprint density at radius 2 is 2.43 bits per heavy atom. The Hall–Kier alpha value is -0.810. The first kappa shape index (κ1) is 11.3. The molecule has 0 fully saturated rings. The predicted octanol–water partition coefficient (Wildman–Crippen LogP) is 0.778. The molecule has 2 N–H and O–H groups in total. The molecule has 1 unspecified atom stereocenters. The SMILES string of the molecule is CNC(C)CSc1nc(C)cc(=O)[nH]1. The zero-order valence-electron chi connectivity index (χ0n) is 8.63. The fourth-order valence-corrected chi connectivity index (χ4v) is 1.86. The second-order valence-corrected chi connectivity index (χ2v) is 4.20. The van der Waals surface area contributed by atoms with Gasteiger partial charge in [0.25, 0.3) is 5.56 Å². The number of nitrogens with one attached hydrogen (secondary N) is 2. The zero-order valence-corrected chi connectivity index (χ0v) is 9.44. The van der Waals surface area contributed by atoms with E-state index >= 15 is 0 Å². The molecule has 14 heavy (non-hydrogen) atoms. The van der Waals surface area contributed by atoms with Crippen LogP contribution in [0.2, 0.25) is 0 Å². The van der Waals surface area contributed by atoms with Crippen LogP contribution in [0.15, 0.2) is 16.0 Å². The van der Waals surface area contributed by atoms with Crippen LogP contribution in [-0.4, -0.2) is 28.8 Å². The van der Waals surface area contributed by atoms with Crippen LogP contribution in [0.3, 0.4) is 0 Å². The Bertz CT molecular complexity index is 350. The molecule has 0 aliphatic heterocycles. The van der Waals surface area contributed by atoms with Crippen molar-refractivity contribution in [3.63, 3.8) is 0 Å². The molecule has 1 aromatic heterocycles. The van der Waals surface area contributed by atoms with Crippen molar-refractivity contribution in [1.82, 2.24) is 15.3 Å². The summed E-state index contributed by atoms with van der Waals surface area (Å²) in [6, 6.07) is 1.90. The van der Waals surface area contributed by atoms with Crippen molar-refractivity contribution < 1.29 is 0 Å². The highest BCUT2D eigenvalue weighted by molar-refractivity contribution is 7.99. The smallest absolute Gasteiger partial charge is 0.251 e. The van der Waals surface area contributed by atoms with E-state index in [1.807, 2.05) is 14.0 Å². The molecule has 1 aromatic rings. The third-order valence-electron chi connectivity index (χ3n) is 1.81. The van der Waals surface area contributed by atoms with Gasteiger partial charge in [-0.1, -0.05) is 11.8 Å². The third-order valence-corrected chi connectivity index (χ3v) is 2.94. The average Bonchev–Trinajstić information content (AvgIpc) is 2.12. The molecule has 0 bridgehead atoms. The van der Waals surface area contributed by atoms with Gasteiger partial charge in [-0.25, -0.2) is 4.98 Å². The second-order valence-electron chi connectivity index (χ2n) is 3.19. The van der Waals surface area contributed by atoms with E-state index in [1.165, 1.54) is 6.07 Å². The van der Waals surface area contributed by atoms with Crippen molar-refractivity contribution in [2.45, 2.75) is 25.0 Å². The molecule has 0 aliphatic carbocycles. The maximum Gasteiger partial charge on any atom is 0.251 e. The molecule has 0 saturated heterocycles. The van der Waals surface area contributed by atoms with E-state index < -0.39 is 0 Å². The Kier molecular flexibility index (Phi) is 4.16. The number of aromatic amines is 1. The number of rotatable bonds is 4. The van der Waals surface area contributed by atoms with Crippen molar-refractivity contribution in [3.8, 4) is 0 Å². The van der Waals surface area contributed by atoms with Gasteiger partial charge in [0.2, 0.25) is 0 Å². The van der Waals surface area contributed by atoms with Gasteiger partial charge in [-0.2, -0.15) is 0 Å². The number of hydrogen-bond acceptors (Lipinski definition) is 4. The molecule has 5 heteroatoms. The zero-order chi connectivity index (χ0) is 10.6. The van der Waals surface area contributed by atoms with Gasteiger partial charge in [0.05, 0.1) is 0 Å². The normalized spacial score (nSPS) is 12.8. The lowest BCUT2D eigenvalue weighted by Crippen LogP contribution is -2.23. The van der Waals surface area contributed by atoms with Gasteiger partial charge in [0.15, 0.2) is 5.16 Å². The number of H-pyrrole nitrogens is 1. The van der Waals surface area contributed by atoms with Gasteiger partial charge in [0, 0.05) is 23.6 Å². The first-order chi connectivity index (χ1) is 6.61. The summed E-state index contributed by atoms with van der Waals surface area (Å²) >= 11 is 1.55. The number of hydrogen-bond donors (Lipinski definition) is 2. The summed E-state index contributed by atoms with van der Waals surface area (Å²) in [5.41, 5.74) is 0.672. The summed E-state index contributed by atoms with van der Waals surface area (Å²) in [5, 5.41) is 3.82. The summed E-state index contributed by atoms with van der Waals surface area (Å²) in [5.74, 6) is 0.892. The fraction of sp³-hybridized carbons (Fsp3) is 0.556. The van der Waals surface area contributed by atoms with Crippen LogP contribution in [0.25, 0.3) is 0 Å². The number of thioether (sulfide) groups is 1. The van der Waals surface area contributed by atoms with E-state index in [9.17, 15) is 4.79 Å². The van der Waals surface area contributed by atoms with E-state index in [0.717, 1.165) is 11.4 Å². The topological polar surface area (TPSA) is 57.8 Å². The molecule has 1 rings (SSSR count). The van der Waals surface area contributed by atoms with Crippen LogP contribution >= 0.6 is 11.8 Å². The summed E-state index contributed by atoms with van der Waals surface area (Å²) in [4.78, 5) is 18.0. The quantitative estimate of drug-likeness (QED) is 0.573. The van der Waals surface area contributed by atoms with E-state index in [0.29, 0.717) is 11.2 Å². The van der Waals surface area contributed by atoms with Crippen LogP contribution < -0.4 is 10.9 Å². The van der Waals surface area contributed by atoms with Crippen LogP contribution in [0.5, 0.6) is 0 Å². The number of aryl methyl sites for hydroxylation is 1. The molecule has 1 heterocycles. The first-order valence-corrected chi connectivity index (χ1v) is 5.48. The monoisotopic (exact) mass is 213 g/mol. The van der Waals surface area contributed by atoms with Gasteiger partial charge in [-0.3, -0.25) is 4.79 Å².